The van der Waals surface area contributed by atoms with E-state index < -0.39 is 34.0 Å². The molecule has 3 aromatic rings. The van der Waals surface area contributed by atoms with E-state index in [0.717, 1.165) is 26.5 Å². The molecule has 2 aromatic carbocycles. The van der Waals surface area contributed by atoms with E-state index in [1.54, 1.807) is 12.1 Å². The zero-order valence-electron chi connectivity index (χ0n) is 18.4. The van der Waals surface area contributed by atoms with E-state index in [9.17, 15) is 18.0 Å². The van der Waals surface area contributed by atoms with Gasteiger partial charge in [0.15, 0.2) is 0 Å². The van der Waals surface area contributed by atoms with Crippen molar-refractivity contribution < 1.29 is 22.7 Å². The number of aromatic nitrogens is 1. The summed E-state index contributed by atoms with van der Waals surface area (Å²) in [6, 6.07) is 12.5. The van der Waals surface area contributed by atoms with Gasteiger partial charge in [0.25, 0.3) is 0 Å². The zero-order valence-corrected chi connectivity index (χ0v) is 20.0. The number of nitrogens with one attached hydrogen (secondary N) is 1. The number of methoxy groups -OCH3 is 1. The fraction of sp³-hybridized carbons (Fsp3) is 0.304. The molecular formula is C23H24ClN3O5S. The third-order valence-electron chi connectivity index (χ3n) is 5.98. The Balaban J connectivity index is 1.93. The van der Waals surface area contributed by atoms with Crippen molar-refractivity contribution in [3.8, 4) is 0 Å². The van der Waals surface area contributed by atoms with Gasteiger partial charge in [0.05, 0.1) is 18.0 Å². The van der Waals surface area contributed by atoms with E-state index in [0.29, 0.717) is 5.56 Å². The lowest BCUT2D eigenvalue weighted by molar-refractivity contribution is -0.154. The Morgan fingerprint density at radius 3 is 2.42 bits per heavy atom. The zero-order chi connectivity index (χ0) is 23.9. The average Bonchev–Trinajstić information content (AvgIpc) is 3.20. The number of H-pyrrole nitrogens is 1. The number of benzene rings is 2. The summed E-state index contributed by atoms with van der Waals surface area (Å²) >= 11 is 5.94. The van der Waals surface area contributed by atoms with E-state index in [1.807, 2.05) is 24.3 Å². The molecule has 0 spiro atoms. The number of amides is 1. The van der Waals surface area contributed by atoms with Gasteiger partial charge in [-0.05, 0) is 29.3 Å². The lowest BCUT2D eigenvalue weighted by Crippen LogP contribution is -2.52. The summed E-state index contributed by atoms with van der Waals surface area (Å²) in [4.78, 5) is 30.7. The van der Waals surface area contributed by atoms with Gasteiger partial charge in [0.2, 0.25) is 15.9 Å². The van der Waals surface area contributed by atoms with Gasteiger partial charge in [0.1, 0.15) is 11.9 Å². The molecule has 2 atom stereocenters. The molecule has 4 rings (SSSR count). The van der Waals surface area contributed by atoms with E-state index in [2.05, 4.69) is 4.98 Å². The third kappa shape index (κ3) is 3.90. The summed E-state index contributed by atoms with van der Waals surface area (Å²) in [6.07, 6.45) is 0.276. The molecule has 33 heavy (non-hydrogen) atoms. The van der Waals surface area contributed by atoms with Gasteiger partial charge < -0.3 is 14.6 Å². The monoisotopic (exact) mass is 489 g/mol. The van der Waals surface area contributed by atoms with E-state index >= 15 is 0 Å². The van der Waals surface area contributed by atoms with Crippen molar-refractivity contribution in [2.24, 2.45) is 0 Å². The number of rotatable bonds is 5. The number of carbonyl (C=O) groups is 2. The molecule has 174 valence electrons. The maximum atomic E-state index is 13.0. The second-order valence-electron chi connectivity index (χ2n) is 8.00. The number of alkyl halides is 1. The first kappa shape index (κ1) is 23.3. The minimum Gasteiger partial charge on any atom is -0.467 e. The van der Waals surface area contributed by atoms with Crippen LogP contribution in [0.4, 0.5) is 0 Å². The molecule has 0 unspecified atom stereocenters. The Morgan fingerprint density at radius 1 is 1.15 bits per heavy atom. The molecule has 1 aliphatic rings. The van der Waals surface area contributed by atoms with Crippen LogP contribution in [0, 0.1) is 0 Å². The number of ether oxygens (including phenoxy) is 1. The fourth-order valence-electron chi connectivity index (χ4n) is 4.36. The maximum absolute atomic E-state index is 13.0. The van der Waals surface area contributed by atoms with Crippen molar-refractivity contribution in [1.29, 1.82) is 0 Å². The van der Waals surface area contributed by atoms with Crippen LogP contribution in [0.5, 0.6) is 0 Å². The molecule has 8 nitrogen and oxygen atoms in total. The number of aromatic amines is 1. The second-order valence-corrected chi connectivity index (χ2v) is 10.4. The molecule has 1 amide bonds. The summed E-state index contributed by atoms with van der Waals surface area (Å²) in [5.74, 6) is -1.28. The summed E-state index contributed by atoms with van der Waals surface area (Å²) in [7, 11) is 0.588. The number of esters is 1. The quantitative estimate of drug-likeness (QED) is 0.438. The van der Waals surface area contributed by atoms with E-state index in [4.69, 9.17) is 16.3 Å². The predicted octanol–water partition coefficient (Wildman–Crippen LogP) is 2.67. The molecule has 0 saturated heterocycles. The van der Waals surface area contributed by atoms with Gasteiger partial charge in [-0.3, -0.25) is 4.79 Å². The predicted molar refractivity (Wildman–Crippen MR) is 125 cm³/mol. The molecule has 0 saturated carbocycles. The number of hydrogen-bond acceptors (Lipinski definition) is 5. The largest absolute Gasteiger partial charge is 0.467 e. The first-order chi connectivity index (χ1) is 15.7. The SMILES string of the molecule is COC(=O)[C@H]1Cc2c([nH]c3ccccc23)[C@@H](c2ccc(S(=O)(=O)N(C)C)cc2)N1C(=O)CCl. The highest BCUT2D eigenvalue weighted by Crippen LogP contribution is 2.41. The minimum atomic E-state index is -3.62. The smallest absolute Gasteiger partial charge is 0.328 e. The Bertz CT molecular complexity index is 1320. The summed E-state index contributed by atoms with van der Waals surface area (Å²) in [5.41, 5.74) is 3.20. The van der Waals surface area contributed by atoms with Crippen molar-refractivity contribution >= 4 is 44.4 Å². The van der Waals surface area contributed by atoms with Crippen molar-refractivity contribution in [3.63, 3.8) is 0 Å². The molecule has 0 bridgehead atoms. The number of para-hydroxylation sites is 1. The number of carbonyl (C=O) groups excluding carboxylic acids is 2. The van der Waals surface area contributed by atoms with Gasteiger partial charge in [-0.25, -0.2) is 17.5 Å². The number of fused-ring (bicyclic) bond motifs is 3. The highest BCUT2D eigenvalue weighted by molar-refractivity contribution is 7.89. The first-order valence-corrected chi connectivity index (χ1v) is 12.2. The van der Waals surface area contributed by atoms with Crippen LogP contribution in [0.15, 0.2) is 53.4 Å². The summed E-state index contributed by atoms with van der Waals surface area (Å²) in [5, 5.41) is 0.955. The van der Waals surface area contributed by atoms with Crippen LogP contribution < -0.4 is 0 Å². The van der Waals surface area contributed by atoms with Gasteiger partial charge >= 0.3 is 5.97 Å². The molecule has 1 aliphatic heterocycles. The topological polar surface area (TPSA) is 99.8 Å². The highest BCUT2D eigenvalue weighted by atomic mass is 35.5. The maximum Gasteiger partial charge on any atom is 0.328 e. The molecular weight excluding hydrogens is 466 g/mol. The van der Waals surface area contributed by atoms with Crippen LogP contribution in [0.25, 0.3) is 10.9 Å². The van der Waals surface area contributed by atoms with Crippen molar-refractivity contribution in [2.75, 3.05) is 27.1 Å². The third-order valence-corrected chi connectivity index (χ3v) is 8.04. The van der Waals surface area contributed by atoms with Crippen LogP contribution in [-0.2, 0) is 30.8 Å². The lowest BCUT2D eigenvalue weighted by Gasteiger charge is -2.40. The first-order valence-electron chi connectivity index (χ1n) is 10.3. The molecule has 0 fully saturated rings. The van der Waals surface area contributed by atoms with E-state index in [1.165, 1.54) is 38.2 Å². The van der Waals surface area contributed by atoms with Gasteiger partial charge in [-0.2, -0.15) is 0 Å². The Kier molecular flexibility index (Phi) is 6.22. The fourth-order valence-corrected chi connectivity index (χ4v) is 5.40. The summed E-state index contributed by atoms with van der Waals surface area (Å²) in [6.45, 7) is 0. The normalized spacial score (nSPS) is 18.4. The number of hydrogen-bond donors (Lipinski definition) is 1. The lowest BCUT2D eigenvalue weighted by atomic mass is 9.88. The average molecular weight is 490 g/mol. The van der Waals surface area contributed by atoms with Crippen molar-refractivity contribution in [1.82, 2.24) is 14.2 Å². The molecule has 0 aliphatic carbocycles. The van der Waals surface area contributed by atoms with Crippen LogP contribution in [-0.4, -0.2) is 67.6 Å². The van der Waals surface area contributed by atoms with Crippen LogP contribution in [0.2, 0.25) is 0 Å². The Labute approximate surface area is 197 Å². The highest BCUT2D eigenvalue weighted by Gasteiger charge is 2.43. The van der Waals surface area contributed by atoms with Crippen molar-refractivity contribution in [3.05, 3.63) is 65.4 Å². The van der Waals surface area contributed by atoms with Crippen LogP contribution in [0.3, 0.4) is 0 Å². The molecule has 1 N–H and O–H groups in total. The van der Waals surface area contributed by atoms with Crippen molar-refractivity contribution in [2.45, 2.75) is 23.4 Å². The minimum absolute atomic E-state index is 0.128. The Hall–Kier alpha value is -2.88. The second kappa shape index (κ2) is 8.81. The number of halogens is 1. The van der Waals surface area contributed by atoms with Crippen LogP contribution in [0.1, 0.15) is 22.9 Å². The molecule has 1 aromatic heterocycles. The Morgan fingerprint density at radius 2 is 1.82 bits per heavy atom. The van der Waals surface area contributed by atoms with Crippen LogP contribution >= 0.6 is 11.6 Å². The van der Waals surface area contributed by atoms with Gasteiger partial charge in [-0.15, -0.1) is 11.6 Å². The number of nitrogens with zero attached hydrogens (tertiary/aromatic N) is 2. The molecule has 10 heteroatoms. The van der Waals surface area contributed by atoms with E-state index in [-0.39, 0.29) is 17.2 Å². The standard InChI is InChI=1S/C23H24ClN3O5S/c1-26(2)33(30,31)15-10-8-14(9-11-15)22-21-17(16-6-4-5-7-18(16)25-21)12-19(23(29)32-3)27(22)20(28)13-24/h4-11,19,22,25H,12-13H2,1-3H3/t19-,22-/m1/s1. The number of sulfonamides is 1. The molecule has 0 radical (unpaired) electrons. The summed E-state index contributed by atoms with van der Waals surface area (Å²) < 4.78 is 31.2. The van der Waals surface area contributed by atoms with Gasteiger partial charge in [-0.1, -0.05) is 30.3 Å². The van der Waals surface area contributed by atoms with Gasteiger partial charge in [0, 0.05) is 37.1 Å². The molecule has 2 heterocycles.